The Hall–Kier alpha value is -6.94. The van der Waals surface area contributed by atoms with Crippen molar-refractivity contribution >= 4 is 70.9 Å². The van der Waals surface area contributed by atoms with Gasteiger partial charge in [-0.15, -0.1) is 0 Å². The van der Waals surface area contributed by atoms with E-state index in [1.54, 1.807) is 65.0 Å². The van der Waals surface area contributed by atoms with Crippen LogP contribution in [0.25, 0.3) is 0 Å². The van der Waals surface area contributed by atoms with Crippen LogP contribution in [0.3, 0.4) is 0 Å². The van der Waals surface area contributed by atoms with Crippen molar-refractivity contribution in [3.05, 3.63) is 35.9 Å². The number of ketones is 1. The van der Waals surface area contributed by atoms with Gasteiger partial charge in [0.2, 0.25) is 41.2 Å². The summed E-state index contributed by atoms with van der Waals surface area (Å²) in [6, 6.07) is -0.170. The summed E-state index contributed by atoms with van der Waals surface area (Å²) < 4.78 is 0. The number of hydrogen-bond acceptors (Lipinski definition) is 12. The van der Waals surface area contributed by atoms with E-state index in [1.807, 2.05) is 5.32 Å². The molecule has 1 aliphatic rings. The number of nitrogens with one attached hydrogen (secondary N) is 7. The molecule has 0 saturated carbocycles. The van der Waals surface area contributed by atoms with E-state index in [4.69, 9.17) is 10.2 Å². The number of carboxylic acids is 3. The largest absolute Gasteiger partial charge is 0.481 e. The standard InChI is InChI=1S/C43H62N8O15/c1-7-11-27(36(59)42(65)45-20-33(57)58)47-40(63)30-18-25(19-44-37(60)26-12-9-8-10-13-26)21-51(30)43(66)35(23(4)5)50-41(64)34(22(2)3)49-39(62)29(15-17-32(55)56)48-38(61)28(46-24(6)52)14-16-31(53)54/h8-10,12-13,22-23,25,27-30,34-35H,7,11,14-21H2,1-6H3,(H,44,60)(H,45,65)(H,46,52)(H,47,63)(H,48,61)(H,49,62)(H,50,64)(H,53,54)(H,55,56)(H,57,58)/t25-,27-,28-,29-,30-,34-,35-/m0/s1. The molecule has 66 heavy (non-hydrogen) atoms. The predicted octanol–water partition coefficient (Wildman–Crippen LogP) is -1.31. The second-order valence-corrected chi connectivity index (χ2v) is 16.6. The lowest BCUT2D eigenvalue weighted by atomic mass is 9.98. The van der Waals surface area contributed by atoms with E-state index >= 15 is 0 Å². The normalized spacial score (nSPS) is 16.6. The molecule has 1 aromatic rings. The number of likely N-dealkylation sites (tertiary alicyclic amines) is 1. The average Bonchev–Trinajstić information content (AvgIpc) is 3.69. The molecule has 7 atom stereocenters. The number of carboxylic acid groups (broad SMARTS) is 3. The minimum atomic E-state index is -1.58. The van der Waals surface area contributed by atoms with E-state index in [0.29, 0.717) is 12.0 Å². The summed E-state index contributed by atoms with van der Waals surface area (Å²) in [5, 5.41) is 44.5. The molecule has 0 radical (unpaired) electrons. The number of benzene rings is 1. The second-order valence-electron chi connectivity index (χ2n) is 16.6. The lowest BCUT2D eigenvalue weighted by Crippen LogP contribution is -2.61. The van der Waals surface area contributed by atoms with E-state index in [2.05, 4.69) is 31.9 Å². The zero-order valence-corrected chi connectivity index (χ0v) is 37.8. The average molecular weight is 931 g/mol. The Labute approximate surface area is 381 Å². The van der Waals surface area contributed by atoms with Gasteiger partial charge in [0.1, 0.15) is 36.8 Å². The van der Waals surface area contributed by atoms with Crippen LogP contribution in [0.1, 0.15) is 96.8 Å². The monoisotopic (exact) mass is 930 g/mol. The van der Waals surface area contributed by atoms with Crippen LogP contribution in [-0.2, 0) is 52.7 Å². The number of hydrogen-bond donors (Lipinski definition) is 10. The molecule has 1 saturated heterocycles. The molecule has 1 heterocycles. The number of Topliss-reactive ketones (excluding diaryl/α,β-unsaturated/α-hetero) is 1. The minimum absolute atomic E-state index is 0.00106. The van der Waals surface area contributed by atoms with Crippen molar-refractivity contribution in [2.45, 2.75) is 123 Å². The summed E-state index contributed by atoms with van der Waals surface area (Å²) >= 11 is 0. The highest BCUT2D eigenvalue weighted by Gasteiger charge is 2.44. The topological polar surface area (TPSA) is 353 Å². The zero-order chi connectivity index (χ0) is 49.8. The van der Waals surface area contributed by atoms with Gasteiger partial charge in [0.25, 0.3) is 11.8 Å². The van der Waals surface area contributed by atoms with Crippen LogP contribution in [0.5, 0.6) is 0 Å². The SMILES string of the molecule is CCC[C@H](NC(=O)[C@@H]1C[C@@H](CNC(=O)c2ccccc2)CN1C(=O)[C@@H](NC(=O)[C@@H](NC(=O)[C@H](CCC(=O)O)NC(=O)[C@H](CCC(=O)O)NC(C)=O)C(C)C)C(C)C)C(=O)C(=O)NCC(=O)O. The van der Waals surface area contributed by atoms with Gasteiger partial charge < -0.3 is 57.4 Å². The summed E-state index contributed by atoms with van der Waals surface area (Å²) in [4.78, 5) is 155. The maximum absolute atomic E-state index is 14.6. The molecule has 0 unspecified atom stereocenters. The van der Waals surface area contributed by atoms with E-state index in [-0.39, 0.29) is 32.4 Å². The molecule has 10 N–H and O–H groups in total. The van der Waals surface area contributed by atoms with E-state index in [9.17, 15) is 62.6 Å². The van der Waals surface area contributed by atoms with Gasteiger partial charge in [-0.2, -0.15) is 0 Å². The van der Waals surface area contributed by atoms with Gasteiger partial charge in [0.05, 0.1) is 6.04 Å². The second kappa shape index (κ2) is 26.8. The van der Waals surface area contributed by atoms with Gasteiger partial charge in [-0.3, -0.25) is 57.5 Å². The van der Waals surface area contributed by atoms with Crippen LogP contribution in [-0.4, -0.2) is 147 Å². The van der Waals surface area contributed by atoms with Gasteiger partial charge in [0.15, 0.2) is 0 Å². The molecule has 1 aliphatic heterocycles. The van der Waals surface area contributed by atoms with Gasteiger partial charge >= 0.3 is 17.9 Å². The third-order valence-electron chi connectivity index (χ3n) is 10.5. The molecule has 0 spiro atoms. The number of nitrogens with zero attached hydrogens (tertiary/aromatic N) is 1. The number of carbonyl (C=O) groups is 12. The quantitative estimate of drug-likeness (QED) is 0.0458. The van der Waals surface area contributed by atoms with Crippen molar-refractivity contribution in [2.75, 3.05) is 19.6 Å². The van der Waals surface area contributed by atoms with Crippen molar-refractivity contribution in [3.63, 3.8) is 0 Å². The molecule has 23 heteroatoms. The van der Waals surface area contributed by atoms with Crippen LogP contribution >= 0.6 is 0 Å². The number of carbonyl (C=O) groups excluding carboxylic acids is 9. The first-order valence-electron chi connectivity index (χ1n) is 21.6. The predicted molar refractivity (Wildman–Crippen MR) is 232 cm³/mol. The van der Waals surface area contributed by atoms with E-state index < -0.39 is 151 Å². The van der Waals surface area contributed by atoms with Gasteiger partial charge in [0, 0.05) is 38.4 Å². The Bertz CT molecular complexity index is 1960. The third-order valence-corrected chi connectivity index (χ3v) is 10.5. The van der Waals surface area contributed by atoms with Crippen molar-refractivity contribution in [1.29, 1.82) is 0 Å². The Morgan fingerprint density at radius 1 is 0.652 bits per heavy atom. The maximum atomic E-state index is 14.6. The van der Waals surface area contributed by atoms with Crippen LogP contribution in [0.15, 0.2) is 30.3 Å². The molecule has 0 bridgehead atoms. The van der Waals surface area contributed by atoms with Crippen LogP contribution < -0.4 is 37.2 Å². The Morgan fingerprint density at radius 2 is 1.20 bits per heavy atom. The highest BCUT2D eigenvalue weighted by molar-refractivity contribution is 6.38. The molecule has 23 nitrogen and oxygen atoms in total. The van der Waals surface area contributed by atoms with E-state index in [1.165, 1.54) is 4.90 Å². The van der Waals surface area contributed by atoms with Crippen molar-refractivity contribution in [2.24, 2.45) is 17.8 Å². The highest BCUT2D eigenvalue weighted by Crippen LogP contribution is 2.26. The highest BCUT2D eigenvalue weighted by atomic mass is 16.4. The third kappa shape index (κ3) is 17.9. The fourth-order valence-electron chi connectivity index (χ4n) is 7.03. The smallest absolute Gasteiger partial charge is 0.322 e. The molecule has 1 fully saturated rings. The number of aliphatic carboxylic acids is 3. The molecule has 1 aromatic carbocycles. The van der Waals surface area contributed by atoms with Crippen LogP contribution in [0.4, 0.5) is 0 Å². The van der Waals surface area contributed by atoms with Crippen LogP contribution in [0, 0.1) is 17.8 Å². The molecule has 0 aliphatic carbocycles. The molecular weight excluding hydrogens is 869 g/mol. The van der Waals surface area contributed by atoms with E-state index in [0.717, 1.165) is 6.92 Å². The first kappa shape index (κ1) is 55.2. The van der Waals surface area contributed by atoms with Gasteiger partial charge in [-0.05, 0) is 55.6 Å². The number of rotatable bonds is 27. The van der Waals surface area contributed by atoms with Gasteiger partial charge in [-0.1, -0.05) is 59.2 Å². The summed E-state index contributed by atoms with van der Waals surface area (Å²) in [6.07, 6.45) is -1.71. The maximum Gasteiger partial charge on any atom is 0.322 e. The fraction of sp³-hybridized carbons (Fsp3) is 0.581. The number of amides is 8. The van der Waals surface area contributed by atoms with Crippen molar-refractivity contribution in [3.8, 4) is 0 Å². The van der Waals surface area contributed by atoms with Crippen LogP contribution in [0.2, 0.25) is 0 Å². The summed E-state index contributed by atoms with van der Waals surface area (Å²) in [6.45, 7) is 8.14. The molecule has 8 amide bonds. The van der Waals surface area contributed by atoms with Crippen molar-refractivity contribution in [1.82, 2.24) is 42.1 Å². The van der Waals surface area contributed by atoms with Gasteiger partial charge in [-0.25, -0.2) is 0 Å². The lowest BCUT2D eigenvalue weighted by Gasteiger charge is -2.33. The summed E-state index contributed by atoms with van der Waals surface area (Å²) in [7, 11) is 0. The minimum Gasteiger partial charge on any atom is -0.481 e. The zero-order valence-electron chi connectivity index (χ0n) is 37.8. The Balaban J connectivity index is 2.43. The molecular formula is C43H62N8O15. The Morgan fingerprint density at radius 3 is 1.71 bits per heavy atom. The fourth-order valence-corrected chi connectivity index (χ4v) is 7.03. The van der Waals surface area contributed by atoms with Crippen molar-refractivity contribution < 1.29 is 72.9 Å². The Kier molecular flexibility index (Phi) is 22.4. The molecule has 364 valence electrons. The summed E-state index contributed by atoms with van der Waals surface area (Å²) in [5.74, 6) is -13.8. The molecule has 0 aromatic heterocycles. The first-order valence-corrected chi connectivity index (χ1v) is 21.6. The lowest BCUT2D eigenvalue weighted by molar-refractivity contribution is -0.145. The summed E-state index contributed by atoms with van der Waals surface area (Å²) in [5.41, 5.74) is 0.356. The first-order chi connectivity index (χ1) is 31.0. The molecule has 2 rings (SSSR count).